The second-order valence-corrected chi connectivity index (χ2v) is 6.56. The largest absolute Gasteiger partial charge is 0.454 e. The average Bonchev–Trinajstić information content (AvgIpc) is 2.89. The molecule has 7 heteroatoms. The summed E-state index contributed by atoms with van der Waals surface area (Å²) >= 11 is 0. The minimum Gasteiger partial charge on any atom is -0.454 e. The first-order chi connectivity index (χ1) is 9.61. The van der Waals surface area contributed by atoms with E-state index in [1.807, 2.05) is 13.1 Å². The summed E-state index contributed by atoms with van der Waals surface area (Å²) in [5, 5.41) is 2.99. The molecule has 1 aliphatic heterocycles. The Balaban J connectivity index is 1.82. The van der Waals surface area contributed by atoms with Crippen LogP contribution in [0.2, 0.25) is 0 Å². The van der Waals surface area contributed by atoms with Crippen LogP contribution in [-0.2, 0) is 16.6 Å². The van der Waals surface area contributed by atoms with Crippen molar-refractivity contribution in [1.82, 2.24) is 10.0 Å². The molecule has 0 saturated carbocycles. The van der Waals surface area contributed by atoms with E-state index in [9.17, 15) is 8.42 Å². The lowest BCUT2D eigenvalue weighted by Gasteiger charge is -2.07. The highest BCUT2D eigenvalue weighted by Crippen LogP contribution is 2.32. The summed E-state index contributed by atoms with van der Waals surface area (Å²) in [4.78, 5) is 0. The number of nitrogens with one attached hydrogen (secondary N) is 2. The van der Waals surface area contributed by atoms with Gasteiger partial charge in [0, 0.05) is 6.54 Å². The van der Waals surface area contributed by atoms with Crippen LogP contribution in [0, 0.1) is 0 Å². The lowest BCUT2D eigenvalue weighted by atomic mass is 10.2. The molecule has 0 aromatic heterocycles. The van der Waals surface area contributed by atoms with Crippen molar-refractivity contribution in [3.05, 3.63) is 23.8 Å². The van der Waals surface area contributed by atoms with E-state index >= 15 is 0 Å². The fourth-order valence-electron chi connectivity index (χ4n) is 1.91. The second kappa shape index (κ2) is 6.92. The Morgan fingerprint density at radius 3 is 2.80 bits per heavy atom. The van der Waals surface area contributed by atoms with Crippen molar-refractivity contribution in [2.75, 3.05) is 26.1 Å². The molecule has 0 bridgehead atoms. The number of ether oxygens (including phenoxy) is 2. The minimum atomic E-state index is -3.22. The molecule has 0 unspecified atom stereocenters. The molecular formula is C13H20N2O4S. The standard InChI is InChI=1S/C13H20N2O4S/c1-14-6-2-3-7-20(16,17)15-9-11-4-5-12-13(8-11)19-10-18-12/h4-5,8,14-15H,2-3,6-7,9-10H2,1H3. The molecule has 0 radical (unpaired) electrons. The predicted octanol–water partition coefficient (Wildman–Crippen LogP) is 0.834. The van der Waals surface area contributed by atoms with Gasteiger partial charge in [0.05, 0.1) is 5.75 Å². The van der Waals surface area contributed by atoms with Gasteiger partial charge in [0.15, 0.2) is 11.5 Å². The van der Waals surface area contributed by atoms with Crippen LogP contribution in [0.4, 0.5) is 0 Å². The fraction of sp³-hybridized carbons (Fsp3) is 0.538. The number of hydrogen-bond donors (Lipinski definition) is 2. The van der Waals surface area contributed by atoms with Crippen molar-refractivity contribution in [3.8, 4) is 11.5 Å². The highest BCUT2D eigenvalue weighted by Gasteiger charge is 2.14. The first kappa shape index (κ1) is 15.1. The highest BCUT2D eigenvalue weighted by molar-refractivity contribution is 7.89. The van der Waals surface area contributed by atoms with E-state index in [4.69, 9.17) is 9.47 Å². The van der Waals surface area contributed by atoms with Crippen LogP contribution >= 0.6 is 0 Å². The molecule has 1 aromatic rings. The number of fused-ring (bicyclic) bond motifs is 1. The molecule has 0 spiro atoms. The molecule has 0 saturated heterocycles. The summed E-state index contributed by atoms with van der Waals surface area (Å²) in [7, 11) is -1.37. The lowest BCUT2D eigenvalue weighted by Crippen LogP contribution is -2.26. The van der Waals surface area contributed by atoms with Gasteiger partial charge in [-0.25, -0.2) is 13.1 Å². The summed E-state index contributed by atoms with van der Waals surface area (Å²) in [5.74, 6) is 1.51. The quantitative estimate of drug-likeness (QED) is 0.696. The van der Waals surface area contributed by atoms with Gasteiger partial charge in [-0.1, -0.05) is 6.07 Å². The van der Waals surface area contributed by atoms with E-state index in [0.29, 0.717) is 17.9 Å². The Morgan fingerprint density at radius 2 is 2.00 bits per heavy atom. The molecule has 1 aromatic carbocycles. The van der Waals surface area contributed by atoms with Crippen molar-refractivity contribution in [1.29, 1.82) is 0 Å². The zero-order valence-corrected chi connectivity index (χ0v) is 12.3. The van der Waals surface area contributed by atoms with E-state index in [1.54, 1.807) is 12.1 Å². The number of rotatable bonds is 8. The molecule has 2 rings (SSSR count). The first-order valence-electron chi connectivity index (χ1n) is 6.61. The lowest BCUT2D eigenvalue weighted by molar-refractivity contribution is 0.174. The summed E-state index contributed by atoms with van der Waals surface area (Å²) < 4.78 is 36.7. The maximum Gasteiger partial charge on any atom is 0.231 e. The van der Waals surface area contributed by atoms with Gasteiger partial charge in [-0.15, -0.1) is 0 Å². The van der Waals surface area contributed by atoms with Crippen LogP contribution in [0.15, 0.2) is 18.2 Å². The van der Waals surface area contributed by atoms with Gasteiger partial charge in [-0.05, 0) is 44.1 Å². The normalized spacial score (nSPS) is 13.7. The summed E-state index contributed by atoms with van der Waals surface area (Å²) in [6, 6.07) is 5.42. The van der Waals surface area contributed by atoms with Gasteiger partial charge < -0.3 is 14.8 Å². The zero-order valence-electron chi connectivity index (χ0n) is 11.5. The third-order valence-electron chi connectivity index (χ3n) is 3.02. The Hall–Kier alpha value is -1.31. The van der Waals surface area contributed by atoms with Crippen molar-refractivity contribution >= 4 is 10.0 Å². The van der Waals surface area contributed by atoms with Crippen molar-refractivity contribution in [2.24, 2.45) is 0 Å². The summed E-state index contributed by atoms with van der Waals surface area (Å²) in [6.07, 6.45) is 1.50. The van der Waals surface area contributed by atoms with Gasteiger partial charge in [0.1, 0.15) is 0 Å². The van der Waals surface area contributed by atoms with Crippen LogP contribution in [0.5, 0.6) is 11.5 Å². The molecule has 0 amide bonds. The first-order valence-corrected chi connectivity index (χ1v) is 8.26. The smallest absolute Gasteiger partial charge is 0.231 e. The molecule has 1 aliphatic rings. The predicted molar refractivity (Wildman–Crippen MR) is 76.4 cm³/mol. The van der Waals surface area contributed by atoms with Crippen LogP contribution in [-0.4, -0.2) is 34.6 Å². The molecule has 20 heavy (non-hydrogen) atoms. The van der Waals surface area contributed by atoms with Gasteiger partial charge >= 0.3 is 0 Å². The Labute approximate surface area is 119 Å². The Morgan fingerprint density at radius 1 is 1.20 bits per heavy atom. The zero-order chi connectivity index (χ0) is 14.4. The van der Waals surface area contributed by atoms with Gasteiger partial charge in [-0.2, -0.15) is 0 Å². The van der Waals surface area contributed by atoms with Gasteiger partial charge in [0.2, 0.25) is 16.8 Å². The van der Waals surface area contributed by atoms with E-state index in [2.05, 4.69) is 10.0 Å². The average molecular weight is 300 g/mol. The Kier molecular flexibility index (Phi) is 5.22. The molecule has 112 valence electrons. The Bertz CT molecular complexity index is 545. The van der Waals surface area contributed by atoms with Crippen molar-refractivity contribution in [2.45, 2.75) is 19.4 Å². The third kappa shape index (κ3) is 4.36. The topological polar surface area (TPSA) is 76.7 Å². The van der Waals surface area contributed by atoms with Crippen LogP contribution < -0.4 is 19.5 Å². The molecular weight excluding hydrogens is 280 g/mol. The molecule has 2 N–H and O–H groups in total. The molecule has 0 atom stereocenters. The third-order valence-corrected chi connectivity index (χ3v) is 4.43. The SMILES string of the molecule is CNCCCCS(=O)(=O)NCc1ccc2c(c1)OCO2. The van der Waals surface area contributed by atoms with Crippen LogP contribution in [0.25, 0.3) is 0 Å². The summed E-state index contributed by atoms with van der Waals surface area (Å²) in [6.45, 7) is 1.32. The van der Waals surface area contributed by atoms with Gasteiger partial charge in [-0.3, -0.25) is 0 Å². The van der Waals surface area contributed by atoms with Gasteiger partial charge in [0.25, 0.3) is 0 Å². The highest BCUT2D eigenvalue weighted by atomic mass is 32.2. The van der Waals surface area contributed by atoms with E-state index < -0.39 is 10.0 Å². The number of unbranched alkanes of at least 4 members (excludes halogenated alkanes) is 1. The second-order valence-electron chi connectivity index (χ2n) is 4.64. The number of sulfonamides is 1. The van der Waals surface area contributed by atoms with E-state index in [1.165, 1.54) is 0 Å². The van der Waals surface area contributed by atoms with E-state index in [0.717, 1.165) is 18.5 Å². The molecule has 6 nitrogen and oxygen atoms in total. The summed E-state index contributed by atoms with van der Waals surface area (Å²) in [5.41, 5.74) is 0.855. The van der Waals surface area contributed by atoms with Crippen LogP contribution in [0.3, 0.4) is 0 Å². The molecule has 0 aliphatic carbocycles. The fourth-order valence-corrected chi connectivity index (χ4v) is 3.03. The molecule has 1 heterocycles. The number of hydrogen-bond acceptors (Lipinski definition) is 5. The minimum absolute atomic E-state index is 0.152. The monoisotopic (exact) mass is 300 g/mol. The molecule has 0 fully saturated rings. The number of benzene rings is 1. The van der Waals surface area contributed by atoms with Crippen molar-refractivity contribution < 1.29 is 17.9 Å². The maximum absolute atomic E-state index is 11.8. The maximum atomic E-state index is 11.8. The van der Waals surface area contributed by atoms with E-state index in [-0.39, 0.29) is 19.1 Å². The van der Waals surface area contributed by atoms with Crippen LogP contribution in [0.1, 0.15) is 18.4 Å². The van der Waals surface area contributed by atoms with Crippen molar-refractivity contribution in [3.63, 3.8) is 0 Å².